The molecule has 0 atom stereocenters. The maximum absolute atomic E-state index is 5.29. The van der Waals surface area contributed by atoms with E-state index in [-0.39, 0.29) is 0 Å². The van der Waals surface area contributed by atoms with Crippen LogP contribution in [0.4, 0.5) is 0 Å². The lowest BCUT2D eigenvalue weighted by Crippen LogP contribution is -2.42. The predicted molar refractivity (Wildman–Crippen MR) is 70.0 cm³/mol. The Kier molecular flexibility index (Phi) is 4.14. The predicted octanol–water partition coefficient (Wildman–Crippen LogP) is 2.56. The molecule has 2 nitrogen and oxygen atoms in total. The van der Waals surface area contributed by atoms with Crippen LogP contribution in [-0.4, -0.2) is 29.6 Å². The molecule has 1 N–H and O–H groups in total. The van der Waals surface area contributed by atoms with Crippen molar-refractivity contribution in [3.63, 3.8) is 0 Å². The lowest BCUT2D eigenvalue weighted by molar-refractivity contribution is 0.388. The molecular formula is C12H22N2S. The molecule has 0 aliphatic carbocycles. The summed E-state index contributed by atoms with van der Waals surface area (Å²) in [4.78, 5) is 2.23. The molecule has 0 aromatic rings. The molecule has 0 saturated carbocycles. The van der Waals surface area contributed by atoms with Crippen molar-refractivity contribution >= 4 is 17.3 Å². The van der Waals surface area contributed by atoms with Gasteiger partial charge < -0.3 is 10.2 Å². The Balaban J connectivity index is 2.54. The lowest BCUT2D eigenvalue weighted by atomic mass is 9.83. The van der Waals surface area contributed by atoms with Crippen LogP contribution in [0.1, 0.15) is 34.1 Å². The van der Waals surface area contributed by atoms with Crippen molar-refractivity contribution in [2.24, 2.45) is 5.41 Å². The van der Waals surface area contributed by atoms with Gasteiger partial charge in [-0.25, -0.2) is 0 Å². The van der Waals surface area contributed by atoms with Crippen LogP contribution in [0, 0.1) is 5.41 Å². The summed E-state index contributed by atoms with van der Waals surface area (Å²) in [5, 5.41) is 4.09. The fraction of sp³-hybridized carbons (Fsp3) is 0.750. The van der Waals surface area contributed by atoms with E-state index in [4.69, 9.17) is 12.2 Å². The van der Waals surface area contributed by atoms with Gasteiger partial charge in [0.05, 0.1) is 0 Å². The largest absolute Gasteiger partial charge is 0.363 e. The highest BCUT2D eigenvalue weighted by Crippen LogP contribution is 2.29. The van der Waals surface area contributed by atoms with Crippen LogP contribution in [-0.2, 0) is 0 Å². The highest BCUT2D eigenvalue weighted by atomic mass is 32.1. The molecular weight excluding hydrogens is 204 g/mol. The van der Waals surface area contributed by atoms with E-state index in [0.29, 0.717) is 5.41 Å². The zero-order chi connectivity index (χ0) is 11.5. The van der Waals surface area contributed by atoms with E-state index in [2.05, 4.69) is 44.0 Å². The van der Waals surface area contributed by atoms with Gasteiger partial charge in [0.2, 0.25) is 0 Å². The number of nitrogens with one attached hydrogen (secondary N) is 1. The number of rotatable bonds is 1. The topological polar surface area (TPSA) is 15.3 Å². The van der Waals surface area contributed by atoms with Crippen molar-refractivity contribution in [3.05, 3.63) is 11.6 Å². The zero-order valence-corrected chi connectivity index (χ0v) is 11.1. The first-order valence-electron chi connectivity index (χ1n) is 5.67. The molecule has 0 aromatic heterocycles. The molecule has 1 aliphatic heterocycles. The molecule has 3 heteroatoms. The number of hydrogen-bond acceptors (Lipinski definition) is 1. The van der Waals surface area contributed by atoms with Gasteiger partial charge >= 0.3 is 0 Å². The van der Waals surface area contributed by atoms with Crippen LogP contribution in [0.5, 0.6) is 0 Å². The summed E-state index contributed by atoms with van der Waals surface area (Å²) in [6.45, 7) is 11.8. The Morgan fingerprint density at radius 1 is 1.53 bits per heavy atom. The highest BCUT2D eigenvalue weighted by Gasteiger charge is 2.21. The van der Waals surface area contributed by atoms with Crippen molar-refractivity contribution in [3.8, 4) is 0 Å². The molecule has 0 bridgehead atoms. The molecule has 0 spiro atoms. The first kappa shape index (κ1) is 12.5. The third kappa shape index (κ3) is 3.49. The minimum atomic E-state index is 0.311. The standard InChI is InChI=1S/C12H22N2S/c1-5-13-11(15)14-8-6-10(7-9-14)12(2,3)4/h6H,5,7-9H2,1-4H3,(H,13,15). The minimum absolute atomic E-state index is 0.311. The first-order chi connectivity index (χ1) is 6.95. The van der Waals surface area contributed by atoms with Crippen LogP contribution in [0.15, 0.2) is 11.6 Å². The minimum Gasteiger partial charge on any atom is -0.363 e. The van der Waals surface area contributed by atoms with Gasteiger partial charge in [0.25, 0.3) is 0 Å². The van der Waals surface area contributed by atoms with Crippen molar-refractivity contribution in [2.75, 3.05) is 19.6 Å². The molecule has 15 heavy (non-hydrogen) atoms. The number of thiocarbonyl (C=S) groups is 1. The number of hydrogen-bond donors (Lipinski definition) is 1. The normalized spacial score (nSPS) is 17.3. The fourth-order valence-electron chi connectivity index (χ4n) is 1.80. The molecule has 1 aliphatic rings. The van der Waals surface area contributed by atoms with Crippen LogP contribution in [0.3, 0.4) is 0 Å². The molecule has 0 unspecified atom stereocenters. The summed E-state index contributed by atoms with van der Waals surface area (Å²) in [5.41, 5.74) is 1.87. The summed E-state index contributed by atoms with van der Waals surface area (Å²) >= 11 is 5.29. The molecule has 0 amide bonds. The Hall–Kier alpha value is -0.570. The molecule has 1 rings (SSSR count). The van der Waals surface area contributed by atoms with Gasteiger partial charge in [-0.15, -0.1) is 0 Å². The first-order valence-corrected chi connectivity index (χ1v) is 6.08. The third-order valence-electron chi connectivity index (χ3n) is 2.79. The van der Waals surface area contributed by atoms with Crippen LogP contribution in [0.25, 0.3) is 0 Å². The van der Waals surface area contributed by atoms with Crippen LogP contribution < -0.4 is 5.32 Å². The average molecular weight is 226 g/mol. The van der Waals surface area contributed by atoms with Gasteiger partial charge in [0.15, 0.2) is 5.11 Å². The van der Waals surface area contributed by atoms with Crippen molar-refractivity contribution in [1.82, 2.24) is 10.2 Å². The fourth-order valence-corrected chi connectivity index (χ4v) is 2.11. The van der Waals surface area contributed by atoms with Crippen molar-refractivity contribution in [1.29, 1.82) is 0 Å². The van der Waals surface area contributed by atoms with E-state index in [9.17, 15) is 0 Å². The summed E-state index contributed by atoms with van der Waals surface area (Å²) in [5.74, 6) is 0. The molecule has 0 saturated heterocycles. The second kappa shape index (κ2) is 4.97. The van der Waals surface area contributed by atoms with E-state index in [1.54, 1.807) is 5.57 Å². The summed E-state index contributed by atoms with van der Waals surface area (Å²) in [7, 11) is 0. The van der Waals surface area contributed by atoms with Crippen molar-refractivity contribution in [2.45, 2.75) is 34.1 Å². The molecule has 86 valence electrons. The SMILES string of the molecule is CCNC(=S)N1CC=C(C(C)(C)C)CC1. The average Bonchev–Trinajstić information content (AvgIpc) is 2.17. The van der Waals surface area contributed by atoms with Crippen LogP contribution >= 0.6 is 12.2 Å². The van der Waals surface area contributed by atoms with Gasteiger partial charge in [-0.3, -0.25) is 0 Å². The van der Waals surface area contributed by atoms with E-state index >= 15 is 0 Å². The lowest BCUT2D eigenvalue weighted by Gasteiger charge is -2.33. The Morgan fingerprint density at radius 2 is 2.20 bits per heavy atom. The maximum Gasteiger partial charge on any atom is 0.169 e. The van der Waals surface area contributed by atoms with Gasteiger partial charge in [0, 0.05) is 19.6 Å². The Morgan fingerprint density at radius 3 is 2.60 bits per heavy atom. The van der Waals surface area contributed by atoms with E-state index in [1.165, 1.54) is 0 Å². The summed E-state index contributed by atoms with van der Waals surface area (Å²) < 4.78 is 0. The quantitative estimate of drug-likeness (QED) is 0.546. The molecule has 1 heterocycles. The molecule has 0 aromatic carbocycles. The van der Waals surface area contributed by atoms with Crippen LogP contribution in [0.2, 0.25) is 0 Å². The van der Waals surface area contributed by atoms with E-state index < -0.39 is 0 Å². The Labute approximate surface area is 98.7 Å². The second-order valence-corrected chi connectivity index (χ2v) is 5.40. The molecule has 0 fully saturated rings. The highest BCUT2D eigenvalue weighted by molar-refractivity contribution is 7.80. The summed E-state index contributed by atoms with van der Waals surface area (Å²) in [6.07, 6.45) is 3.46. The maximum atomic E-state index is 5.29. The van der Waals surface area contributed by atoms with E-state index in [0.717, 1.165) is 31.2 Å². The summed E-state index contributed by atoms with van der Waals surface area (Å²) in [6, 6.07) is 0. The monoisotopic (exact) mass is 226 g/mol. The smallest absolute Gasteiger partial charge is 0.169 e. The van der Waals surface area contributed by atoms with Gasteiger partial charge in [-0.05, 0) is 31.0 Å². The van der Waals surface area contributed by atoms with Gasteiger partial charge in [-0.2, -0.15) is 0 Å². The zero-order valence-electron chi connectivity index (χ0n) is 10.3. The van der Waals surface area contributed by atoms with E-state index in [1.807, 2.05) is 0 Å². The van der Waals surface area contributed by atoms with Crippen molar-refractivity contribution < 1.29 is 0 Å². The second-order valence-electron chi connectivity index (χ2n) is 5.01. The van der Waals surface area contributed by atoms with Gasteiger partial charge in [-0.1, -0.05) is 32.4 Å². The van der Waals surface area contributed by atoms with Gasteiger partial charge in [0.1, 0.15) is 0 Å². The third-order valence-corrected chi connectivity index (χ3v) is 3.19. The molecule has 0 radical (unpaired) electrons. The Bertz CT molecular complexity index is 263. The number of nitrogens with zero attached hydrogens (tertiary/aromatic N) is 1.